The van der Waals surface area contributed by atoms with E-state index in [0.29, 0.717) is 0 Å². The molecule has 0 amide bonds. The van der Waals surface area contributed by atoms with Gasteiger partial charge < -0.3 is 8.98 Å². The third kappa shape index (κ3) is 3.77. The number of hydrogen-bond acceptors (Lipinski definition) is 1. The van der Waals surface area contributed by atoms with Crippen LogP contribution in [-0.2, 0) is 0 Å². The summed E-state index contributed by atoms with van der Waals surface area (Å²) in [5, 5.41) is 7.44. The number of para-hydroxylation sites is 1. The number of hydrogen-bond donors (Lipinski definition) is 0. The zero-order chi connectivity index (χ0) is 32.1. The molecule has 0 saturated carbocycles. The maximum atomic E-state index is 6.12. The molecule has 228 valence electrons. The molecule has 2 heteroatoms. The van der Waals surface area contributed by atoms with Crippen molar-refractivity contribution >= 4 is 54.5 Å². The molecule has 0 bridgehead atoms. The van der Waals surface area contributed by atoms with Crippen LogP contribution in [0.25, 0.3) is 82.5 Å². The van der Waals surface area contributed by atoms with Gasteiger partial charge in [0.25, 0.3) is 0 Å². The summed E-state index contributed by atoms with van der Waals surface area (Å²) in [5.41, 5.74) is 14.6. The van der Waals surface area contributed by atoms with E-state index in [1.807, 2.05) is 12.1 Å². The first kappa shape index (κ1) is 26.7. The summed E-state index contributed by atoms with van der Waals surface area (Å²) in [5.74, 6) is 0.140. The second-order valence-corrected chi connectivity index (χ2v) is 13.2. The highest BCUT2D eigenvalue weighted by Crippen LogP contribution is 2.53. The topological polar surface area (TPSA) is 18.1 Å². The summed E-state index contributed by atoms with van der Waals surface area (Å²) in [7, 11) is 0. The first-order chi connectivity index (χ1) is 24.3. The molecule has 10 aromatic rings. The fourth-order valence-corrected chi connectivity index (χ4v) is 8.55. The van der Waals surface area contributed by atoms with Gasteiger partial charge in [0.05, 0.1) is 11.0 Å². The Morgan fingerprint density at radius 1 is 0.469 bits per heavy atom. The summed E-state index contributed by atoms with van der Waals surface area (Å²) in [4.78, 5) is 0. The third-order valence-electron chi connectivity index (χ3n) is 10.7. The number of benzene rings is 8. The fraction of sp³-hybridized carbons (Fsp3) is 0.0213. The van der Waals surface area contributed by atoms with E-state index in [2.05, 4.69) is 162 Å². The minimum absolute atomic E-state index is 0.140. The smallest absolute Gasteiger partial charge is 0.135 e. The summed E-state index contributed by atoms with van der Waals surface area (Å²) >= 11 is 0. The van der Waals surface area contributed by atoms with E-state index in [1.165, 1.54) is 71.5 Å². The molecule has 8 aromatic carbocycles. The Morgan fingerprint density at radius 2 is 1.20 bits per heavy atom. The monoisotopic (exact) mass is 623 g/mol. The predicted molar refractivity (Wildman–Crippen MR) is 204 cm³/mol. The van der Waals surface area contributed by atoms with Crippen LogP contribution in [0.3, 0.4) is 0 Å². The molecular formula is C47H29NO. The van der Waals surface area contributed by atoms with Gasteiger partial charge in [-0.3, -0.25) is 0 Å². The lowest BCUT2D eigenvalue weighted by Gasteiger charge is -2.18. The lowest BCUT2D eigenvalue weighted by Crippen LogP contribution is -2.03. The van der Waals surface area contributed by atoms with E-state index in [0.717, 1.165) is 27.6 Å². The van der Waals surface area contributed by atoms with Crippen LogP contribution in [0.1, 0.15) is 22.6 Å². The van der Waals surface area contributed by atoms with Gasteiger partial charge in [-0.25, -0.2) is 0 Å². The van der Waals surface area contributed by atoms with Gasteiger partial charge >= 0.3 is 0 Å². The van der Waals surface area contributed by atoms with Crippen LogP contribution in [0.4, 0.5) is 0 Å². The highest BCUT2D eigenvalue weighted by Gasteiger charge is 2.33. The van der Waals surface area contributed by atoms with Crippen molar-refractivity contribution in [1.82, 2.24) is 4.57 Å². The van der Waals surface area contributed by atoms with E-state index < -0.39 is 0 Å². The molecule has 2 nitrogen and oxygen atoms in total. The largest absolute Gasteiger partial charge is 0.456 e. The molecule has 0 saturated heterocycles. The third-order valence-corrected chi connectivity index (χ3v) is 10.7. The summed E-state index contributed by atoms with van der Waals surface area (Å²) in [6.45, 7) is 0. The molecule has 2 aromatic heterocycles. The van der Waals surface area contributed by atoms with Gasteiger partial charge in [-0.1, -0.05) is 133 Å². The molecule has 1 aliphatic rings. The second kappa shape index (κ2) is 10.1. The van der Waals surface area contributed by atoms with Gasteiger partial charge in [0.1, 0.15) is 11.2 Å². The minimum atomic E-state index is 0.140. The van der Waals surface area contributed by atoms with Crippen molar-refractivity contribution in [3.8, 4) is 27.9 Å². The predicted octanol–water partition coefficient (Wildman–Crippen LogP) is 12.7. The van der Waals surface area contributed by atoms with Crippen molar-refractivity contribution in [2.24, 2.45) is 0 Å². The van der Waals surface area contributed by atoms with Crippen LogP contribution < -0.4 is 0 Å². The minimum Gasteiger partial charge on any atom is -0.456 e. The van der Waals surface area contributed by atoms with Crippen molar-refractivity contribution in [3.05, 3.63) is 187 Å². The number of nitrogens with zero attached hydrogens (tertiary/aromatic N) is 1. The first-order valence-corrected chi connectivity index (χ1v) is 17.0. The lowest BCUT2D eigenvalue weighted by molar-refractivity contribution is 0.669. The highest BCUT2D eigenvalue weighted by molar-refractivity contribution is 6.23. The van der Waals surface area contributed by atoms with Crippen molar-refractivity contribution in [1.29, 1.82) is 0 Å². The quantitative estimate of drug-likeness (QED) is 0.191. The van der Waals surface area contributed by atoms with Crippen molar-refractivity contribution in [3.63, 3.8) is 0 Å². The SMILES string of the molecule is c1ccc(C2c3ccccc3-c3ccc4c5c6ccccc6ccc5n(-c5ccc(-c6ccc7oc8ccccc8c7c6)cc5)c4c32)cc1. The Labute approximate surface area is 283 Å². The van der Waals surface area contributed by atoms with E-state index in [-0.39, 0.29) is 5.92 Å². The summed E-state index contributed by atoms with van der Waals surface area (Å²) in [6, 6.07) is 62.0. The summed E-state index contributed by atoms with van der Waals surface area (Å²) < 4.78 is 8.64. The lowest BCUT2D eigenvalue weighted by atomic mass is 9.88. The van der Waals surface area contributed by atoms with Gasteiger partial charge in [-0.05, 0) is 86.1 Å². The highest BCUT2D eigenvalue weighted by atomic mass is 16.3. The molecule has 49 heavy (non-hydrogen) atoms. The number of rotatable bonds is 3. The molecule has 0 spiro atoms. The van der Waals surface area contributed by atoms with Gasteiger partial charge in [-0.15, -0.1) is 0 Å². The molecule has 11 rings (SSSR count). The molecule has 0 aliphatic heterocycles. The number of aromatic nitrogens is 1. The zero-order valence-corrected chi connectivity index (χ0v) is 26.6. The van der Waals surface area contributed by atoms with E-state index >= 15 is 0 Å². The Hall–Kier alpha value is -6.38. The van der Waals surface area contributed by atoms with Crippen molar-refractivity contribution in [2.45, 2.75) is 5.92 Å². The summed E-state index contributed by atoms with van der Waals surface area (Å²) in [6.07, 6.45) is 0. The van der Waals surface area contributed by atoms with Crippen molar-refractivity contribution in [2.75, 3.05) is 0 Å². The van der Waals surface area contributed by atoms with Crippen LogP contribution in [0, 0.1) is 0 Å². The number of fused-ring (bicyclic) bond motifs is 12. The first-order valence-electron chi connectivity index (χ1n) is 17.0. The van der Waals surface area contributed by atoms with Crippen molar-refractivity contribution < 1.29 is 4.42 Å². The molecule has 0 N–H and O–H groups in total. The van der Waals surface area contributed by atoms with Crippen LogP contribution in [0.2, 0.25) is 0 Å². The Balaban J connectivity index is 1.18. The Kier molecular flexibility index (Phi) is 5.47. The standard InChI is InChI=1S/C47H29NO/c1-2-11-31(12-3-1)44-37-16-7-6-14-35(37)38-24-25-39-45-34-13-5-4-10-30(34)20-26-41(45)48(47(39)46(38)44)33-22-18-29(19-23-33)32-21-27-43-40(28-32)36-15-8-9-17-42(36)49-43/h1-28,44H. The van der Waals surface area contributed by atoms with Gasteiger partial charge in [0, 0.05) is 33.2 Å². The fourth-order valence-electron chi connectivity index (χ4n) is 8.55. The average Bonchev–Trinajstić information content (AvgIpc) is 3.83. The molecule has 1 unspecified atom stereocenters. The van der Waals surface area contributed by atoms with Gasteiger partial charge in [0.15, 0.2) is 0 Å². The van der Waals surface area contributed by atoms with E-state index in [4.69, 9.17) is 4.42 Å². The Bertz CT molecular complexity index is 2930. The van der Waals surface area contributed by atoms with E-state index in [9.17, 15) is 0 Å². The van der Waals surface area contributed by atoms with Gasteiger partial charge in [0.2, 0.25) is 0 Å². The van der Waals surface area contributed by atoms with Gasteiger partial charge in [-0.2, -0.15) is 0 Å². The molecule has 0 fully saturated rings. The van der Waals surface area contributed by atoms with Crippen LogP contribution in [0.5, 0.6) is 0 Å². The molecule has 1 atom stereocenters. The Morgan fingerprint density at radius 3 is 2.10 bits per heavy atom. The number of furan rings is 1. The molecule has 0 radical (unpaired) electrons. The zero-order valence-electron chi connectivity index (χ0n) is 26.6. The van der Waals surface area contributed by atoms with Crippen LogP contribution in [-0.4, -0.2) is 4.57 Å². The molecular weight excluding hydrogens is 595 g/mol. The second-order valence-electron chi connectivity index (χ2n) is 13.2. The van der Waals surface area contributed by atoms with E-state index in [1.54, 1.807) is 0 Å². The molecule has 2 heterocycles. The maximum absolute atomic E-state index is 6.12. The average molecular weight is 624 g/mol. The van der Waals surface area contributed by atoms with Crippen LogP contribution >= 0.6 is 0 Å². The van der Waals surface area contributed by atoms with Crippen LogP contribution in [0.15, 0.2) is 174 Å². The maximum Gasteiger partial charge on any atom is 0.135 e. The normalized spacial score (nSPS) is 13.9. The molecule has 1 aliphatic carbocycles.